The summed E-state index contributed by atoms with van der Waals surface area (Å²) in [4.78, 5) is 1.01. The maximum atomic E-state index is 13.3. The topological polar surface area (TPSA) is 17.1 Å². The van der Waals surface area contributed by atoms with Crippen LogP contribution in [0.3, 0.4) is 0 Å². The van der Waals surface area contributed by atoms with Crippen LogP contribution in [0.2, 0.25) is 0 Å². The number of fused-ring (bicyclic) bond motifs is 1. The molecule has 0 bridgehead atoms. The van der Waals surface area contributed by atoms with Gasteiger partial charge in [0, 0.05) is 4.90 Å². The standard InChI is InChI=1S/C18H28OS.C2H6.2CH4/c1-15(2)13-11-9-10-12-14(13)20(19)18(7,8)17(5,6)16(15,3)4;1-2;;/h9-12H,1-8H3;1-2H3;2*1H4. The first-order valence-electron chi connectivity index (χ1n) is 8.40. The molecule has 0 saturated heterocycles. The lowest BCUT2D eigenvalue weighted by Gasteiger charge is -2.56. The van der Waals surface area contributed by atoms with Gasteiger partial charge in [-0.3, -0.25) is 4.21 Å². The molecule has 142 valence electrons. The van der Waals surface area contributed by atoms with Gasteiger partial charge in [0.15, 0.2) is 0 Å². The Morgan fingerprint density at radius 1 is 0.750 bits per heavy atom. The quantitative estimate of drug-likeness (QED) is 0.481. The molecule has 0 radical (unpaired) electrons. The molecule has 2 heteroatoms. The van der Waals surface area contributed by atoms with Crippen LogP contribution in [0.1, 0.15) is 89.7 Å². The van der Waals surface area contributed by atoms with Gasteiger partial charge in [0.25, 0.3) is 0 Å². The first kappa shape index (κ1) is 25.6. The Bertz CT molecular complexity index is 565. The minimum absolute atomic E-state index is 0. The summed E-state index contributed by atoms with van der Waals surface area (Å²) in [7, 11) is -1.01. The van der Waals surface area contributed by atoms with E-state index >= 15 is 0 Å². The molecule has 0 amide bonds. The summed E-state index contributed by atoms with van der Waals surface area (Å²) in [6.07, 6.45) is 0. The van der Waals surface area contributed by atoms with E-state index < -0.39 is 10.8 Å². The molecule has 0 fully saturated rings. The summed E-state index contributed by atoms with van der Waals surface area (Å²) >= 11 is 0. The van der Waals surface area contributed by atoms with Gasteiger partial charge in [0.1, 0.15) is 0 Å². The van der Waals surface area contributed by atoms with Crippen molar-refractivity contribution in [3.63, 3.8) is 0 Å². The Morgan fingerprint density at radius 2 is 1.17 bits per heavy atom. The van der Waals surface area contributed by atoms with Crippen molar-refractivity contribution in [1.29, 1.82) is 0 Å². The highest BCUT2D eigenvalue weighted by atomic mass is 32.2. The molecule has 0 saturated carbocycles. The summed E-state index contributed by atoms with van der Waals surface area (Å²) in [6.45, 7) is 22.1. The van der Waals surface area contributed by atoms with E-state index in [1.54, 1.807) is 0 Å². The SMILES string of the molecule is C.C.CC.CC1(C)c2ccccc2S(=O)C(C)(C)C(C)(C)C1(C)C. The minimum atomic E-state index is -1.01. The summed E-state index contributed by atoms with van der Waals surface area (Å²) < 4.78 is 13.0. The average Bonchev–Trinajstić information content (AvgIpc) is 2.48. The monoisotopic (exact) mass is 354 g/mol. The van der Waals surface area contributed by atoms with E-state index in [4.69, 9.17) is 0 Å². The van der Waals surface area contributed by atoms with Crippen LogP contribution >= 0.6 is 0 Å². The van der Waals surface area contributed by atoms with Crippen LogP contribution in [0.5, 0.6) is 0 Å². The van der Waals surface area contributed by atoms with Crippen LogP contribution in [0.4, 0.5) is 0 Å². The third-order valence-corrected chi connectivity index (χ3v) is 9.05. The second-order valence-electron chi connectivity index (χ2n) is 8.15. The summed E-state index contributed by atoms with van der Waals surface area (Å²) in [5.74, 6) is 0. The van der Waals surface area contributed by atoms with E-state index in [1.165, 1.54) is 5.56 Å². The van der Waals surface area contributed by atoms with Gasteiger partial charge in [0.2, 0.25) is 0 Å². The Morgan fingerprint density at radius 3 is 1.62 bits per heavy atom. The molecule has 1 atom stereocenters. The fraction of sp³-hybridized carbons (Fsp3) is 0.727. The largest absolute Gasteiger partial charge is 0.254 e. The molecule has 24 heavy (non-hydrogen) atoms. The van der Waals surface area contributed by atoms with Crippen molar-refractivity contribution in [3.8, 4) is 0 Å². The van der Waals surface area contributed by atoms with Crippen molar-refractivity contribution < 1.29 is 4.21 Å². The molecule has 1 aromatic carbocycles. The molecule has 0 aliphatic carbocycles. The maximum Gasteiger partial charge on any atom is 0.0595 e. The lowest BCUT2D eigenvalue weighted by atomic mass is 9.50. The molecule has 2 rings (SSSR count). The third kappa shape index (κ3) is 3.11. The summed E-state index contributed by atoms with van der Waals surface area (Å²) in [5.41, 5.74) is 1.16. The van der Waals surface area contributed by atoms with E-state index in [1.807, 2.05) is 26.0 Å². The number of hydrogen-bond acceptors (Lipinski definition) is 1. The lowest BCUT2D eigenvalue weighted by molar-refractivity contribution is 0.00706. The van der Waals surface area contributed by atoms with E-state index in [0.717, 1.165) is 4.90 Å². The summed E-state index contributed by atoms with van der Waals surface area (Å²) in [5, 5.41) is 0. The Balaban J connectivity index is 0. The number of rotatable bonds is 0. The van der Waals surface area contributed by atoms with Crippen LogP contribution in [-0.2, 0) is 16.2 Å². The van der Waals surface area contributed by atoms with Crippen LogP contribution in [0.15, 0.2) is 29.2 Å². The third-order valence-electron chi connectivity index (χ3n) is 6.85. The molecule has 1 unspecified atom stereocenters. The second kappa shape index (κ2) is 7.72. The predicted molar refractivity (Wildman–Crippen MR) is 112 cm³/mol. The minimum Gasteiger partial charge on any atom is -0.254 e. The van der Waals surface area contributed by atoms with Gasteiger partial charge >= 0.3 is 0 Å². The zero-order chi connectivity index (χ0) is 17.6. The lowest BCUT2D eigenvalue weighted by Crippen LogP contribution is -2.55. The molecule has 0 N–H and O–H groups in total. The van der Waals surface area contributed by atoms with Crippen LogP contribution in [-0.4, -0.2) is 8.96 Å². The first-order valence-corrected chi connectivity index (χ1v) is 9.55. The van der Waals surface area contributed by atoms with Gasteiger partial charge in [0.05, 0.1) is 15.5 Å². The fourth-order valence-electron chi connectivity index (χ4n) is 3.52. The summed E-state index contributed by atoms with van der Waals surface area (Å²) in [6, 6.07) is 8.28. The van der Waals surface area contributed by atoms with Gasteiger partial charge in [-0.05, 0) is 41.7 Å². The number of hydrogen-bond donors (Lipinski definition) is 0. The highest BCUT2D eigenvalue weighted by Gasteiger charge is 2.60. The molecule has 1 aliphatic rings. The normalized spacial score (nSPS) is 24.7. The van der Waals surface area contributed by atoms with Gasteiger partial charge in [-0.2, -0.15) is 0 Å². The van der Waals surface area contributed by atoms with Crippen molar-refractivity contribution in [1.82, 2.24) is 0 Å². The predicted octanol–water partition coefficient (Wildman–Crippen LogP) is 7.21. The Hall–Kier alpha value is -0.630. The van der Waals surface area contributed by atoms with Gasteiger partial charge in [-0.15, -0.1) is 0 Å². The second-order valence-corrected chi connectivity index (χ2v) is 10.1. The molecule has 1 aliphatic heterocycles. The first-order chi connectivity index (χ1) is 9.89. The van der Waals surface area contributed by atoms with Crippen molar-refractivity contribution in [2.75, 3.05) is 0 Å². The van der Waals surface area contributed by atoms with Crippen molar-refractivity contribution >= 4 is 10.8 Å². The zero-order valence-corrected chi connectivity index (χ0v) is 16.9. The van der Waals surface area contributed by atoms with Crippen LogP contribution in [0.25, 0.3) is 0 Å². The van der Waals surface area contributed by atoms with Crippen LogP contribution in [0, 0.1) is 10.8 Å². The highest BCUT2D eigenvalue weighted by Crippen LogP contribution is 2.61. The van der Waals surface area contributed by atoms with Gasteiger partial charge in [-0.1, -0.05) is 88.4 Å². The fourth-order valence-corrected chi connectivity index (χ4v) is 5.52. The van der Waals surface area contributed by atoms with Crippen molar-refractivity contribution in [3.05, 3.63) is 29.8 Å². The molecule has 0 aromatic heterocycles. The molecule has 1 heterocycles. The Labute approximate surface area is 155 Å². The molecular formula is C22H42OS. The van der Waals surface area contributed by atoms with Gasteiger partial charge in [-0.25, -0.2) is 0 Å². The highest BCUT2D eigenvalue weighted by molar-refractivity contribution is 7.86. The maximum absolute atomic E-state index is 13.3. The van der Waals surface area contributed by atoms with Crippen LogP contribution < -0.4 is 0 Å². The molecule has 0 spiro atoms. The molecule has 1 aromatic rings. The molecular weight excluding hydrogens is 312 g/mol. The van der Waals surface area contributed by atoms with Crippen molar-refractivity contribution in [2.45, 2.75) is 99.1 Å². The zero-order valence-electron chi connectivity index (χ0n) is 16.1. The van der Waals surface area contributed by atoms with Gasteiger partial charge < -0.3 is 0 Å². The average molecular weight is 355 g/mol. The van der Waals surface area contributed by atoms with Crippen molar-refractivity contribution in [2.24, 2.45) is 10.8 Å². The van der Waals surface area contributed by atoms with E-state index in [-0.39, 0.29) is 35.8 Å². The number of benzene rings is 1. The molecule has 1 nitrogen and oxygen atoms in total. The van der Waals surface area contributed by atoms with E-state index in [9.17, 15) is 4.21 Å². The van der Waals surface area contributed by atoms with E-state index in [2.05, 4.69) is 67.5 Å². The Kier molecular flexibility index (Phi) is 8.24. The van der Waals surface area contributed by atoms with E-state index in [0.29, 0.717) is 0 Å². The smallest absolute Gasteiger partial charge is 0.0595 e.